The van der Waals surface area contributed by atoms with E-state index in [2.05, 4.69) is 26.2 Å². The van der Waals surface area contributed by atoms with Crippen molar-refractivity contribution >= 4 is 45.1 Å². The van der Waals surface area contributed by atoms with Gasteiger partial charge in [0, 0.05) is 12.7 Å². The van der Waals surface area contributed by atoms with Crippen LogP contribution in [0.15, 0.2) is 16.7 Å². The Morgan fingerprint density at radius 3 is 3.20 bits per heavy atom. The zero-order valence-corrected chi connectivity index (χ0v) is 11.3. The molecule has 15 heavy (non-hydrogen) atoms. The molecule has 0 aromatic carbocycles. The molecule has 1 aromatic rings. The lowest BCUT2D eigenvalue weighted by atomic mass is 10.1. The number of halogens is 2. The average Bonchev–Trinajstić information content (AvgIpc) is 2.69. The van der Waals surface area contributed by atoms with Gasteiger partial charge in [-0.2, -0.15) is 11.8 Å². The Balaban J connectivity index is 1.92. The molecular formula is C10H12BrClN2S. The molecule has 0 saturated carbocycles. The molecule has 2 nitrogen and oxygen atoms in total. The van der Waals surface area contributed by atoms with Crippen LogP contribution in [0.1, 0.15) is 6.42 Å². The van der Waals surface area contributed by atoms with Crippen LogP contribution in [0.4, 0.5) is 5.82 Å². The maximum atomic E-state index is 5.82. The Labute approximate surface area is 107 Å². The van der Waals surface area contributed by atoms with Crippen LogP contribution >= 0.6 is 39.3 Å². The van der Waals surface area contributed by atoms with Crippen molar-refractivity contribution in [2.75, 3.05) is 23.4 Å². The van der Waals surface area contributed by atoms with Gasteiger partial charge in [0.15, 0.2) is 0 Å². The lowest BCUT2D eigenvalue weighted by Gasteiger charge is -2.11. The Morgan fingerprint density at radius 1 is 1.67 bits per heavy atom. The summed E-state index contributed by atoms with van der Waals surface area (Å²) in [7, 11) is 0. The van der Waals surface area contributed by atoms with Crippen LogP contribution in [0.3, 0.4) is 0 Å². The number of pyridine rings is 1. The second-order valence-electron chi connectivity index (χ2n) is 3.59. The summed E-state index contributed by atoms with van der Waals surface area (Å²) in [4.78, 5) is 4.24. The number of nitrogens with zero attached hydrogens (tertiary/aromatic N) is 1. The Bertz CT molecular complexity index is 342. The van der Waals surface area contributed by atoms with Crippen molar-refractivity contribution in [1.29, 1.82) is 0 Å². The fourth-order valence-corrected chi connectivity index (χ4v) is 3.59. The summed E-state index contributed by atoms with van der Waals surface area (Å²) in [6, 6.07) is 1.86. The molecular weight excluding hydrogens is 296 g/mol. The Hall–Kier alpha value is 0.0700. The van der Waals surface area contributed by atoms with Gasteiger partial charge >= 0.3 is 0 Å². The Morgan fingerprint density at radius 2 is 2.53 bits per heavy atom. The number of aromatic nitrogens is 1. The van der Waals surface area contributed by atoms with Crippen LogP contribution in [0, 0.1) is 5.92 Å². The lowest BCUT2D eigenvalue weighted by molar-refractivity contribution is 0.630. The summed E-state index contributed by atoms with van der Waals surface area (Å²) in [6.07, 6.45) is 2.97. The zero-order valence-electron chi connectivity index (χ0n) is 8.17. The van der Waals surface area contributed by atoms with Crippen molar-refractivity contribution in [2.24, 2.45) is 5.92 Å². The summed E-state index contributed by atoms with van der Waals surface area (Å²) < 4.78 is 0.931. The van der Waals surface area contributed by atoms with Crippen LogP contribution in [0.2, 0.25) is 5.02 Å². The van der Waals surface area contributed by atoms with E-state index in [0.29, 0.717) is 5.02 Å². The largest absolute Gasteiger partial charge is 0.369 e. The topological polar surface area (TPSA) is 24.9 Å². The van der Waals surface area contributed by atoms with E-state index in [1.165, 1.54) is 17.9 Å². The quantitative estimate of drug-likeness (QED) is 0.922. The van der Waals surface area contributed by atoms with Crippen LogP contribution in [0.5, 0.6) is 0 Å². The normalized spacial score (nSPS) is 20.5. The molecule has 1 fully saturated rings. The summed E-state index contributed by atoms with van der Waals surface area (Å²) in [6.45, 7) is 1.00. The SMILES string of the molecule is Clc1cnc(NCC2CCSC2)c(Br)c1. The van der Waals surface area contributed by atoms with Gasteiger partial charge in [0.2, 0.25) is 0 Å². The third-order valence-corrected chi connectivity index (χ3v) is 4.43. The summed E-state index contributed by atoms with van der Waals surface area (Å²) in [5.74, 6) is 4.22. The van der Waals surface area contributed by atoms with Gasteiger partial charge in [0.1, 0.15) is 5.82 Å². The zero-order chi connectivity index (χ0) is 10.7. The highest BCUT2D eigenvalue weighted by Crippen LogP contribution is 2.26. The van der Waals surface area contributed by atoms with Crippen LogP contribution < -0.4 is 5.32 Å². The van der Waals surface area contributed by atoms with Gasteiger partial charge in [0.25, 0.3) is 0 Å². The van der Waals surface area contributed by atoms with Crippen LogP contribution in [0.25, 0.3) is 0 Å². The molecule has 1 aliphatic heterocycles. The van der Waals surface area contributed by atoms with Crippen LogP contribution in [-0.4, -0.2) is 23.0 Å². The van der Waals surface area contributed by atoms with E-state index in [0.717, 1.165) is 22.8 Å². The van der Waals surface area contributed by atoms with Gasteiger partial charge in [-0.3, -0.25) is 0 Å². The van der Waals surface area contributed by atoms with Crippen molar-refractivity contribution in [3.8, 4) is 0 Å². The molecule has 1 atom stereocenters. The van der Waals surface area contributed by atoms with E-state index in [-0.39, 0.29) is 0 Å². The first kappa shape index (κ1) is 11.6. The molecule has 82 valence electrons. The summed E-state index contributed by atoms with van der Waals surface area (Å²) >= 11 is 11.3. The molecule has 5 heteroatoms. The molecule has 1 aliphatic rings. The predicted molar refractivity (Wildman–Crippen MR) is 70.9 cm³/mol. The van der Waals surface area contributed by atoms with E-state index in [1.54, 1.807) is 6.20 Å². The second kappa shape index (κ2) is 5.41. The summed E-state index contributed by atoms with van der Waals surface area (Å²) in [5, 5.41) is 4.01. The third-order valence-electron chi connectivity index (χ3n) is 2.39. The van der Waals surface area contributed by atoms with Gasteiger partial charge in [0.05, 0.1) is 9.50 Å². The van der Waals surface area contributed by atoms with Crippen molar-refractivity contribution in [3.05, 3.63) is 21.8 Å². The van der Waals surface area contributed by atoms with E-state index in [4.69, 9.17) is 11.6 Å². The molecule has 0 aliphatic carbocycles. The molecule has 2 rings (SSSR count). The average molecular weight is 308 g/mol. The minimum absolute atomic E-state index is 0.656. The fraction of sp³-hybridized carbons (Fsp3) is 0.500. The van der Waals surface area contributed by atoms with Crippen LogP contribution in [-0.2, 0) is 0 Å². The summed E-state index contributed by atoms with van der Waals surface area (Å²) in [5.41, 5.74) is 0. The molecule has 1 N–H and O–H groups in total. The first-order valence-electron chi connectivity index (χ1n) is 4.88. The fourth-order valence-electron chi connectivity index (χ4n) is 1.53. The monoisotopic (exact) mass is 306 g/mol. The molecule has 2 heterocycles. The van der Waals surface area contributed by atoms with E-state index >= 15 is 0 Å². The lowest BCUT2D eigenvalue weighted by Crippen LogP contribution is -2.14. The van der Waals surface area contributed by atoms with Crippen molar-refractivity contribution in [1.82, 2.24) is 4.98 Å². The van der Waals surface area contributed by atoms with Crippen molar-refractivity contribution < 1.29 is 0 Å². The van der Waals surface area contributed by atoms with Gasteiger partial charge in [-0.05, 0) is 45.8 Å². The first-order valence-corrected chi connectivity index (χ1v) is 7.21. The maximum absolute atomic E-state index is 5.82. The smallest absolute Gasteiger partial charge is 0.140 e. The number of thioether (sulfide) groups is 1. The van der Waals surface area contributed by atoms with E-state index in [1.807, 2.05) is 17.8 Å². The van der Waals surface area contributed by atoms with Gasteiger partial charge in [-0.25, -0.2) is 4.98 Å². The highest BCUT2D eigenvalue weighted by molar-refractivity contribution is 9.10. The maximum Gasteiger partial charge on any atom is 0.140 e. The molecule has 0 radical (unpaired) electrons. The molecule has 1 unspecified atom stereocenters. The number of hydrogen-bond acceptors (Lipinski definition) is 3. The minimum Gasteiger partial charge on any atom is -0.369 e. The van der Waals surface area contributed by atoms with E-state index < -0.39 is 0 Å². The first-order chi connectivity index (χ1) is 7.25. The minimum atomic E-state index is 0.656. The van der Waals surface area contributed by atoms with Gasteiger partial charge in [-0.15, -0.1) is 0 Å². The highest BCUT2D eigenvalue weighted by atomic mass is 79.9. The predicted octanol–water partition coefficient (Wildman–Crippen LogP) is 3.66. The second-order valence-corrected chi connectivity index (χ2v) is 6.04. The molecule has 0 spiro atoms. The van der Waals surface area contributed by atoms with E-state index in [9.17, 15) is 0 Å². The molecule has 1 saturated heterocycles. The molecule has 0 bridgehead atoms. The van der Waals surface area contributed by atoms with Gasteiger partial charge in [-0.1, -0.05) is 11.6 Å². The standard InChI is InChI=1S/C10H12BrClN2S/c11-9-3-8(12)5-14-10(9)13-4-7-1-2-15-6-7/h3,5,7H,1-2,4,6H2,(H,13,14). The van der Waals surface area contributed by atoms with Gasteiger partial charge < -0.3 is 5.32 Å². The van der Waals surface area contributed by atoms with Crippen molar-refractivity contribution in [2.45, 2.75) is 6.42 Å². The van der Waals surface area contributed by atoms with Crippen molar-refractivity contribution in [3.63, 3.8) is 0 Å². The number of hydrogen-bond donors (Lipinski definition) is 1. The number of nitrogens with one attached hydrogen (secondary N) is 1. The number of anilines is 1. The number of rotatable bonds is 3. The highest BCUT2D eigenvalue weighted by Gasteiger charge is 2.15. The molecule has 0 amide bonds. The molecule has 1 aromatic heterocycles. The Kier molecular flexibility index (Phi) is 4.17. The third kappa shape index (κ3) is 3.26.